The average molecular weight is 173 g/mol. The topological polar surface area (TPSA) is 61.0 Å². The van der Waals surface area contributed by atoms with Crippen LogP contribution in [0, 0.1) is 10.1 Å². The van der Waals surface area contributed by atoms with Crippen LogP contribution < -0.4 is 0 Å². The van der Waals surface area contributed by atoms with Crippen molar-refractivity contribution in [3.8, 4) is 0 Å². The van der Waals surface area contributed by atoms with Gasteiger partial charge in [-0.3, -0.25) is 0 Å². The first-order chi connectivity index (χ1) is 5.16. The fourth-order valence-electron chi connectivity index (χ4n) is 0.824. The minimum Gasteiger partial charge on any atom is -0.358 e. The molecule has 0 N–H and O–H groups in total. The van der Waals surface area contributed by atoms with E-state index >= 15 is 0 Å². The van der Waals surface area contributed by atoms with Crippen LogP contribution in [0.25, 0.3) is 0 Å². The molecule has 0 bridgehead atoms. The van der Waals surface area contributed by atoms with Crippen LogP contribution in [0.1, 0.15) is 5.56 Å². The molecule has 5 nitrogen and oxygen atoms in total. The van der Waals surface area contributed by atoms with Gasteiger partial charge in [-0.05, 0) is 4.92 Å². The summed E-state index contributed by atoms with van der Waals surface area (Å²) < 4.78 is 1.23. The van der Waals surface area contributed by atoms with Crippen molar-refractivity contribution in [3.05, 3.63) is 21.9 Å². The highest BCUT2D eigenvalue weighted by atomic mass is 32.1. The summed E-state index contributed by atoms with van der Waals surface area (Å²) in [5, 5.41) is 14.1. The van der Waals surface area contributed by atoms with E-state index in [1.165, 1.54) is 17.9 Å². The van der Waals surface area contributed by atoms with Crippen LogP contribution in [0.15, 0.2) is 6.20 Å². The quantitative estimate of drug-likeness (QED) is 0.408. The number of nitrogens with zero attached hydrogens (tertiary/aromatic N) is 3. The van der Waals surface area contributed by atoms with E-state index in [9.17, 15) is 10.1 Å². The standard InChI is InChI=1S/C5H7N3O2S/c1-7-5(8(9)10)4(3-11)2-6-7/h2,11H,3H2,1H3. The molecule has 1 heterocycles. The number of aromatic nitrogens is 2. The minimum absolute atomic E-state index is 0.0139. The van der Waals surface area contributed by atoms with E-state index in [4.69, 9.17) is 0 Å². The van der Waals surface area contributed by atoms with Gasteiger partial charge in [-0.15, -0.1) is 4.68 Å². The van der Waals surface area contributed by atoms with Crippen molar-refractivity contribution < 1.29 is 4.92 Å². The van der Waals surface area contributed by atoms with Gasteiger partial charge in [0.1, 0.15) is 7.05 Å². The van der Waals surface area contributed by atoms with Gasteiger partial charge in [-0.1, -0.05) is 5.10 Å². The highest BCUT2D eigenvalue weighted by molar-refractivity contribution is 7.79. The van der Waals surface area contributed by atoms with Gasteiger partial charge in [-0.25, -0.2) is 0 Å². The number of aryl methyl sites for hydroxylation is 1. The fourth-order valence-corrected chi connectivity index (χ4v) is 1.05. The number of hydrogen-bond acceptors (Lipinski definition) is 4. The molecule has 0 amide bonds. The predicted molar refractivity (Wildman–Crippen MR) is 42.6 cm³/mol. The molecule has 1 aromatic rings. The Balaban J connectivity index is 3.17. The van der Waals surface area contributed by atoms with Gasteiger partial charge >= 0.3 is 5.82 Å². The summed E-state index contributed by atoms with van der Waals surface area (Å²) in [6.45, 7) is 0. The van der Waals surface area contributed by atoms with Gasteiger partial charge in [0.15, 0.2) is 0 Å². The first kappa shape index (κ1) is 8.06. The van der Waals surface area contributed by atoms with Crippen molar-refractivity contribution in [1.29, 1.82) is 0 Å². The number of thiol groups is 1. The SMILES string of the molecule is Cn1ncc(CS)c1[N+](=O)[O-]. The molecule has 60 valence electrons. The Morgan fingerprint density at radius 3 is 2.91 bits per heavy atom. The highest BCUT2D eigenvalue weighted by Crippen LogP contribution is 2.17. The van der Waals surface area contributed by atoms with Crippen molar-refractivity contribution in [2.75, 3.05) is 0 Å². The van der Waals surface area contributed by atoms with Crippen LogP contribution in [-0.2, 0) is 12.8 Å². The van der Waals surface area contributed by atoms with E-state index in [0.717, 1.165) is 0 Å². The highest BCUT2D eigenvalue weighted by Gasteiger charge is 2.16. The number of hydrogen-bond donors (Lipinski definition) is 1. The molecule has 0 aliphatic rings. The van der Waals surface area contributed by atoms with Crippen molar-refractivity contribution in [1.82, 2.24) is 9.78 Å². The lowest BCUT2D eigenvalue weighted by atomic mass is 10.4. The summed E-state index contributed by atoms with van der Waals surface area (Å²) >= 11 is 3.93. The molecular weight excluding hydrogens is 166 g/mol. The average Bonchev–Trinajstić information content (AvgIpc) is 2.30. The second-order valence-electron chi connectivity index (χ2n) is 2.03. The molecule has 0 aromatic carbocycles. The molecule has 0 saturated heterocycles. The fraction of sp³-hybridized carbons (Fsp3) is 0.400. The first-order valence-electron chi connectivity index (χ1n) is 2.93. The Morgan fingerprint density at radius 2 is 2.55 bits per heavy atom. The van der Waals surface area contributed by atoms with Crippen molar-refractivity contribution in [3.63, 3.8) is 0 Å². The molecule has 6 heteroatoms. The Morgan fingerprint density at radius 1 is 1.91 bits per heavy atom. The maximum absolute atomic E-state index is 10.4. The normalized spacial score (nSPS) is 10.0. The predicted octanol–water partition coefficient (Wildman–Crippen LogP) is 0.758. The van der Waals surface area contributed by atoms with Gasteiger partial charge in [0, 0.05) is 5.75 Å². The molecule has 11 heavy (non-hydrogen) atoms. The van der Waals surface area contributed by atoms with E-state index in [1.807, 2.05) is 0 Å². The van der Waals surface area contributed by atoms with E-state index in [-0.39, 0.29) is 5.82 Å². The van der Waals surface area contributed by atoms with Crippen LogP contribution in [0.5, 0.6) is 0 Å². The van der Waals surface area contributed by atoms with Crippen LogP contribution >= 0.6 is 12.6 Å². The summed E-state index contributed by atoms with van der Waals surface area (Å²) in [4.78, 5) is 9.91. The zero-order chi connectivity index (χ0) is 8.43. The second kappa shape index (κ2) is 2.91. The summed E-state index contributed by atoms with van der Waals surface area (Å²) in [6.07, 6.45) is 1.45. The third kappa shape index (κ3) is 1.35. The molecule has 1 aromatic heterocycles. The maximum Gasteiger partial charge on any atom is 0.348 e. The van der Waals surface area contributed by atoms with Crippen molar-refractivity contribution in [2.24, 2.45) is 7.05 Å². The third-order valence-corrected chi connectivity index (χ3v) is 1.66. The largest absolute Gasteiger partial charge is 0.358 e. The van der Waals surface area contributed by atoms with Crippen LogP contribution in [0.4, 0.5) is 5.82 Å². The zero-order valence-electron chi connectivity index (χ0n) is 5.89. The number of rotatable bonds is 2. The van der Waals surface area contributed by atoms with Crippen molar-refractivity contribution >= 4 is 18.4 Å². The monoisotopic (exact) mass is 173 g/mol. The molecule has 0 atom stereocenters. The lowest BCUT2D eigenvalue weighted by Gasteiger charge is -1.94. The first-order valence-corrected chi connectivity index (χ1v) is 3.56. The van der Waals surface area contributed by atoms with Gasteiger partial charge < -0.3 is 10.1 Å². The lowest BCUT2D eigenvalue weighted by molar-refractivity contribution is -0.392. The Kier molecular flexibility index (Phi) is 2.13. The molecular formula is C5H7N3O2S. The maximum atomic E-state index is 10.4. The molecule has 0 fully saturated rings. The van der Waals surface area contributed by atoms with E-state index in [2.05, 4.69) is 17.7 Å². The second-order valence-corrected chi connectivity index (χ2v) is 2.35. The summed E-state index contributed by atoms with van der Waals surface area (Å²) in [6, 6.07) is 0. The zero-order valence-corrected chi connectivity index (χ0v) is 6.78. The van der Waals surface area contributed by atoms with Gasteiger partial charge in [0.05, 0.1) is 11.8 Å². The summed E-state index contributed by atoms with van der Waals surface area (Å²) in [5.74, 6) is 0.351. The van der Waals surface area contributed by atoms with Gasteiger partial charge in [-0.2, -0.15) is 12.6 Å². The van der Waals surface area contributed by atoms with Crippen molar-refractivity contribution in [2.45, 2.75) is 5.75 Å². The Labute approximate surface area is 68.6 Å². The Hall–Kier alpha value is -1.04. The van der Waals surface area contributed by atoms with E-state index in [0.29, 0.717) is 11.3 Å². The van der Waals surface area contributed by atoms with Crippen LogP contribution in [0.2, 0.25) is 0 Å². The Bertz CT molecular complexity index is 283. The molecule has 0 saturated carbocycles. The summed E-state index contributed by atoms with van der Waals surface area (Å²) in [5.41, 5.74) is 0.542. The molecule has 0 aliphatic heterocycles. The number of nitro groups is 1. The van der Waals surface area contributed by atoms with Gasteiger partial charge in [0.2, 0.25) is 0 Å². The molecule has 0 unspecified atom stereocenters. The van der Waals surface area contributed by atoms with Crippen LogP contribution in [-0.4, -0.2) is 14.7 Å². The third-order valence-electron chi connectivity index (χ3n) is 1.32. The smallest absolute Gasteiger partial charge is 0.348 e. The van der Waals surface area contributed by atoms with Crippen LogP contribution in [0.3, 0.4) is 0 Å². The molecule has 0 radical (unpaired) electrons. The van der Waals surface area contributed by atoms with E-state index < -0.39 is 4.92 Å². The summed E-state index contributed by atoms with van der Waals surface area (Å²) in [7, 11) is 1.53. The minimum atomic E-state index is -0.460. The molecule has 0 aliphatic carbocycles. The molecule has 0 spiro atoms. The molecule has 1 rings (SSSR count). The lowest BCUT2D eigenvalue weighted by Crippen LogP contribution is -1.99. The van der Waals surface area contributed by atoms with Gasteiger partial charge in [0.25, 0.3) is 0 Å². The van der Waals surface area contributed by atoms with E-state index in [1.54, 1.807) is 0 Å².